The first-order chi connectivity index (χ1) is 6.60. The van der Waals surface area contributed by atoms with E-state index in [2.05, 4.69) is 10.6 Å². The van der Waals surface area contributed by atoms with Crippen molar-refractivity contribution in [1.82, 2.24) is 10.6 Å². The average molecular weight is 202 g/mol. The van der Waals surface area contributed by atoms with Crippen LogP contribution in [0.1, 0.15) is 26.7 Å². The third kappa shape index (κ3) is 6.42. The van der Waals surface area contributed by atoms with Gasteiger partial charge in [0.1, 0.15) is 0 Å². The minimum Gasteiger partial charge on any atom is -0.481 e. The molecule has 0 fully saturated rings. The molecule has 0 heterocycles. The Hall–Kier alpha value is -1.10. The first-order valence-corrected chi connectivity index (χ1v) is 4.82. The summed E-state index contributed by atoms with van der Waals surface area (Å²) in [5.41, 5.74) is 0. The molecular formula is C9H18N2O3. The van der Waals surface area contributed by atoms with Gasteiger partial charge in [-0.3, -0.25) is 9.59 Å². The Kier molecular flexibility index (Phi) is 6.74. The van der Waals surface area contributed by atoms with Crippen LogP contribution in [0.5, 0.6) is 0 Å². The van der Waals surface area contributed by atoms with Crippen molar-refractivity contribution >= 4 is 11.9 Å². The maximum absolute atomic E-state index is 11.2. The number of hydrogen-bond donors (Lipinski definition) is 3. The highest BCUT2D eigenvalue weighted by Crippen LogP contribution is 1.96. The Morgan fingerprint density at radius 2 is 2.00 bits per heavy atom. The van der Waals surface area contributed by atoms with E-state index in [-0.39, 0.29) is 24.9 Å². The topological polar surface area (TPSA) is 78.4 Å². The number of nitrogens with one attached hydrogen (secondary N) is 2. The third-order valence-corrected chi connectivity index (χ3v) is 1.81. The molecule has 3 N–H and O–H groups in total. The van der Waals surface area contributed by atoms with Gasteiger partial charge in [-0.2, -0.15) is 0 Å². The van der Waals surface area contributed by atoms with E-state index in [4.69, 9.17) is 5.11 Å². The molecule has 0 aliphatic carbocycles. The van der Waals surface area contributed by atoms with Gasteiger partial charge in [0.05, 0.1) is 13.0 Å². The summed E-state index contributed by atoms with van der Waals surface area (Å²) in [6.07, 6.45) is 0.610. The van der Waals surface area contributed by atoms with Crippen LogP contribution in [0.15, 0.2) is 0 Å². The highest BCUT2D eigenvalue weighted by Gasteiger charge is 2.13. The number of carbonyl (C=O) groups excluding carboxylic acids is 1. The summed E-state index contributed by atoms with van der Waals surface area (Å²) in [6, 6.07) is -0.265. The zero-order valence-electron chi connectivity index (χ0n) is 8.67. The molecule has 0 radical (unpaired) electrons. The van der Waals surface area contributed by atoms with Crippen molar-refractivity contribution in [3.8, 4) is 0 Å². The largest absolute Gasteiger partial charge is 0.481 e. The molecular weight excluding hydrogens is 184 g/mol. The Balaban J connectivity index is 3.80. The van der Waals surface area contributed by atoms with E-state index in [1.54, 1.807) is 0 Å². The Morgan fingerprint density at radius 3 is 2.43 bits per heavy atom. The van der Waals surface area contributed by atoms with Crippen molar-refractivity contribution in [2.24, 2.45) is 0 Å². The molecule has 0 aromatic rings. The van der Waals surface area contributed by atoms with Crippen LogP contribution in [0.4, 0.5) is 0 Å². The second-order valence-corrected chi connectivity index (χ2v) is 3.05. The van der Waals surface area contributed by atoms with Crippen LogP contribution >= 0.6 is 0 Å². The number of rotatable bonds is 7. The van der Waals surface area contributed by atoms with Gasteiger partial charge in [0.25, 0.3) is 0 Å². The lowest BCUT2D eigenvalue weighted by atomic mass is 10.1. The molecule has 0 saturated carbocycles. The number of carboxylic acids is 1. The monoisotopic (exact) mass is 202 g/mol. The fourth-order valence-corrected chi connectivity index (χ4v) is 1.03. The fourth-order valence-electron chi connectivity index (χ4n) is 1.03. The van der Waals surface area contributed by atoms with Gasteiger partial charge in [-0.15, -0.1) is 0 Å². The first kappa shape index (κ1) is 12.9. The van der Waals surface area contributed by atoms with Crippen molar-refractivity contribution in [2.45, 2.75) is 32.7 Å². The molecule has 5 nitrogen and oxygen atoms in total. The van der Waals surface area contributed by atoms with E-state index in [9.17, 15) is 9.59 Å². The highest BCUT2D eigenvalue weighted by molar-refractivity contribution is 5.79. The second kappa shape index (κ2) is 7.32. The molecule has 1 amide bonds. The number of hydrogen-bond acceptors (Lipinski definition) is 3. The van der Waals surface area contributed by atoms with Gasteiger partial charge in [0, 0.05) is 6.04 Å². The van der Waals surface area contributed by atoms with Gasteiger partial charge in [-0.25, -0.2) is 0 Å². The average Bonchev–Trinajstić information content (AvgIpc) is 2.12. The molecule has 0 aliphatic heterocycles. The van der Waals surface area contributed by atoms with Gasteiger partial charge in [-0.05, 0) is 13.0 Å². The van der Waals surface area contributed by atoms with E-state index in [0.29, 0.717) is 6.42 Å². The zero-order chi connectivity index (χ0) is 11.0. The smallest absolute Gasteiger partial charge is 0.305 e. The Morgan fingerprint density at radius 1 is 1.36 bits per heavy atom. The molecule has 1 unspecified atom stereocenters. The molecule has 82 valence electrons. The third-order valence-electron chi connectivity index (χ3n) is 1.81. The maximum atomic E-state index is 11.2. The van der Waals surface area contributed by atoms with Gasteiger partial charge >= 0.3 is 5.97 Å². The van der Waals surface area contributed by atoms with Crippen molar-refractivity contribution in [1.29, 1.82) is 0 Å². The summed E-state index contributed by atoms with van der Waals surface area (Å²) in [4.78, 5) is 21.6. The van der Waals surface area contributed by atoms with Crippen LogP contribution in [0.2, 0.25) is 0 Å². The Labute approximate surface area is 83.9 Å². The molecule has 0 rings (SSSR count). The minimum absolute atomic E-state index is 0.0195. The van der Waals surface area contributed by atoms with Gasteiger partial charge in [-0.1, -0.05) is 13.8 Å². The van der Waals surface area contributed by atoms with E-state index in [1.807, 2.05) is 13.8 Å². The summed E-state index contributed by atoms with van der Waals surface area (Å²) in [5.74, 6) is -1.04. The molecule has 5 heteroatoms. The molecule has 0 spiro atoms. The van der Waals surface area contributed by atoms with Crippen LogP contribution in [0, 0.1) is 0 Å². The molecule has 0 aromatic carbocycles. The minimum atomic E-state index is -0.888. The molecule has 14 heavy (non-hydrogen) atoms. The van der Waals surface area contributed by atoms with Gasteiger partial charge < -0.3 is 15.7 Å². The molecule has 0 saturated heterocycles. The predicted octanol–water partition coefficient (Wildman–Crippen LogP) is -0.0346. The quantitative estimate of drug-likeness (QED) is 0.541. The van der Waals surface area contributed by atoms with E-state index < -0.39 is 5.97 Å². The number of carboxylic acid groups (broad SMARTS) is 1. The summed E-state index contributed by atoms with van der Waals surface area (Å²) in [5, 5.41) is 14.1. The van der Waals surface area contributed by atoms with E-state index >= 15 is 0 Å². The van der Waals surface area contributed by atoms with Crippen LogP contribution < -0.4 is 10.6 Å². The molecule has 0 aromatic heterocycles. The molecule has 1 atom stereocenters. The highest BCUT2D eigenvalue weighted by atomic mass is 16.4. The van der Waals surface area contributed by atoms with Gasteiger partial charge in [0.2, 0.25) is 5.91 Å². The van der Waals surface area contributed by atoms with Crippen LogP contribution in [0.3, 0.4) is 0 Å². The van der Waals surface area contributed by atoms with Crippen molar-refractivity contribution in [2.75, 3.05) is 13.1 Å². The summed E-state index contributed by atoms with van der Waals surface area (Å²) >= 11 is 0. The second-order valence-electron chi connectivity index (χ2n) is 3.05. The molecule has 0 bridgehead atoms. The first-order valence-electron chi connectivity index (χ1n) is 4.82. The van der Waals surface area contributed by atoms with E-state index in [0.717, 1.165) is 6.54 Å². The van der Waals surface area contributed by atoms with E-state index in [1.165, 1.54) is 0 Å². The van der Waals surface area contributed by atoms with Crippen LogP contribution in [-0.4, -0.2) is 36.1 Å². The zero-order valence-corrected chi connectivity index (χ0v) is 8.67. The number of carbonyl (C=O) groups is 2. The summed E-state index contributed by atoms with van der Waals surface area (Å²) in [6.45, 7) is 4.72. The van der Waals surface area contributed by atoms with Crippen LogP contribution in [-0.2, 0) is 9.59 Å². The van der Waals surface area contributed by atoms with Crippen LogP contribution in [0.25, 0.3) is 0 Å². The number of aliphatic carboxylic acids is 1. The standard InChI is InChI=1S/C9H18N2O3/c1-3-7(5-9(13)14)11-8(12)6-10-4-2/h7,10H,3-6H2,1-2H3,(H,11,12)(H,13,14). The van der Waals surface area contributed by atoms with Crippen molar-refractivity contribution in [3.63, 3.8) is 0 Å². The predicted molar refractivity (Wildman–Crippen MR) is 53.0 cm³/mol. The summed E-state index contributed by atoms with van der Waals surface area (Å²) in [7, 11) is 0. The Bertz CT molecular complexity index is 194. The maximum Gasteiger partial charge on any atom is 0.305 e. The fraction of sp³-hybridized carbons (Fsp3) is 0.778. The number of likely N-dealkylation sites (N-methyl/N-ethyl adjacent to an activating group) is 1. The lowest BCUT2D eigenvalue weighted by Gasteiger charge is -2.14. The van der Waals surface area contributed by atoms with Crippen molar-refractivity contribution < 1.29 is 14.7 Å². The normalized spacial score (nSPS) is 12.1. The van der Waals surface area contributed by atoms with Gasteiger partial charge in [0.15, 0.2) is 0 Å². The SMILES string of the molecule is CCNCC(=O)NC(CC)CC(=O)O. The summed E-state index contributed by atoms with van der Waals surface area (Å²) < 4.78 is 0. The lowest BCUT2D eigenvalue weighted by molar-refractivity contribution is -0.137. The van der Waals surface area contributed by atoms with Crippen molar-refractivity contribution in [3.05, 3.63) is 0 Å². The lowest BCUT2D eigenvalue weighted by Crippen LogP contribution is -2.41. The number of amides is 1. The molecule has 0 aliphatic rings.